The number of hydrogen-bond donors (Lipinski definition) is 0. The number of carbonyl (C=O) groups is 1. The van der Waals surface area contributed by atoms with Crippen LogP contribution >= 0.6 is 34.2 Å². The van der Waals surface area contributed by atoms with Gasteiger partial charge in [-0.15, -0.1) is 0 Å². The molecule has 0 aliphatic carbocycles. The number of hydrogen-bond acceptors (Lipinski definition) is 3. The SMILES string of the molecule is COC(=O)Cc1c(C(F)F)ncc(Cl)c1I. The van der Waals surface area contributed by atoms with Gasteiger partial charge in [0.15, 0.2) is 0 Å². The fourth-order valence-electron chi connectivity index (χ4n) is 1.09. The van der Waals surface area contributed by atoms with Crippen molar-refractivity contribution in [2.24, 2.45) is 0 Å². The van der Waals surface area contributed by atoms with Crippen LogP contribution in [0.3, 0.4) is 0 Å². The van der Waals surface area contributed by atoms with E-state index in [0.717, 1.165) is 6.20 Å². The fourth-order valence-corrected chi connectivity index (χ4v) is 1.86. The number of esters is 1. The highest BCUT2D eigenvalue weighted by molar-refractivity contribution is 14.1. The molecule has 1 aromatic rings. The first-order valence-corrected chi connectivity index (χ1v) is 5.60. The summed E-state index contributed by atoms with van der Waals surface area (Å²) in [6.07, 6.45) is -1.86. The first kappa shape index (κ1) is 13.6. The third-order valence-corrected chi connectivity index (χ3v) is 3.69. The van der Waals surface area contributed by atoms with Gasteiger partial charge in [-0.05, 0) is 22.6 Å². The number of alkyl halides is 2. The van der Waals surface area contributed by atoms with E-state index in [-0.39, 0.29) is 17.0 Å². The van der Waals surface area contributed by atoms with E-state index in [1.807, 2.05) is 0 Å². The molecule has 0 aliphatic rings. The predicted octanol–water partition coefficient (Wildman–Crippen LogP) is 2.99. The molecule has 0 atom stereocenters. The van der Waals surface area contributed by atoms with Crippen LogP contribution in [0.25, 0.3) is 0 Å². The zero-order valence-corrected chi connectivity index (χ0v) is 11.1. The molecule has 3 nitrogen and oxygen atoms in total. The Morgan fingerprint density at radius 1 is 1.69 bits per heavy atom. The number of carbonyl (C=O) groups excluding carboxylic acids is 1. The monoisotopic (exact) mass is 361 g/mol. The lowest BCUT2D eigenvalue weighted by Gasteiger charge is -2.10. The second-order valence-corrected chi connectivity index (χ2v) is 4.32. The van der Waals surface area contributed by atoms with E-state index in [2.05, 4.69) is 9.72 Å². The molecule has 1 rings (SSSR count). The van der Waals surface area contributed by atoms with Gasteiger partial charge in [-0.25, -0.2) is 8.78 Å². The van der Waals surface area contributed by atoms with Gasteiger partial charge in [-0.1, -0.05) is 11.6 Å². The summed E-state index contributed by atoms with van der Waals surface area (Å²) in [5.74, 6) is -0.608. The Morgan fingerprint density at radius 3 is 2.81 bits per heavy atom. The van der Waals surface area contributed by atoms with Crippen LogP contribution in [0.4, 0.5) is 8.78 Å². The maximum Gasteiger partial charge on any atom is 0.310 e. The van der Waals surface area contributed by atoms with Crippen molar-refractivity contribution in [1.29, 1.82) is 0 Å². The van der Waals surface area contributed by atoms with Crippen molar-refractivity contribution >= 4 is 40.2 Å². The van der Waals surface area contributed by atoms with Gasteiger partial charge >= 0.3 is 5.97 Å². The van der Waals surface area contributed by atoms with Gasteiger partial charge in [0.25, 0.3) is 6.43 Å². The Balaban J connectivity index is 3.20. The van der Waals surface area contributed by atoms with Crippen molar-refractivity contribution < 1.29 is 18.3 Å². The number of methoxy groups -OCH3 is 1. The van der Waals surface area contributed by atoms with Gasteiger partial charge in [0.05, 0.1) is 18.6 Å². The van der Waals surface area contributed by atoms with Crippen LogP contribution in [-0.2, 0) is 16.0 Å². The van der Waals surface area contributed by atoms with Gasteiger partial charge in [0, 0.05) is 15.3 Å². The van der Waals surface area contributed by atoms with Gasteiger partial charge in [0.1, 0.15) is 5.69 Å². The van der Waals surface area contributed by atoms with Gasteiger partial charge < -0.3 is 4.74 Å². The van der Waals surface area contributed by atoms with Crippen molar-refractivity contribution in [3.63, 3.8) is 0 Å². The largest absolute Gasteiger partial charge is 0.469 e. The molecule has 0 aliphatic heterocycles. The number of halogens is 4. The highest BCUT2D eigenvalue weighted by Crippen LogP contribution is 2.29. The van der Waals surface area contributed by atoms with Crippen LogP contribution < -0.4 is 0 Å². The zero-order chi connectivity index (χ0) is 12.3. The minimum absolute atomic E-state index is 0.120. The smallest absolute Gasteiger partial charge is 0.310 e. The summed E-state index contributed by atoms with van der Waals surface area (Å²) in [6.45, 7) is 0. The van der Waals surface area contributed by atoms with Crippen molar-refractivity contribution in [3.8, 4) is 0 Å². The van der Waals surface area contributed by atoms with E-state index in [9.17, 15) is 13.6 Å². The predicted molar refractivity (Wildman–Crippen MR) is 62.6 cm³/mol. The summed E-state index contributed by atoms with van der Waals surface area (Å²) in [7, 11) is 1.19. The normalized spacial score (nSPS) is 10.6. The highest BCUT2D eigenvalue weighted by atomic mass is 127. The lowest BCUT2D eigenvalue weighted by Crippen LogP contribution is -2.10. The molecule has 0 amide bonds. The van der Waals surface area contributed by atoms with Crippen molar-refractivity contribution in [3.05, 3.63) is 26.0 Å². The van der Waals surface area contributed by atoms with E-state index in [0.29, 0.717) is 3.57 Å². The quantitative estimate of drug-likeness (QED) is 0.614. The zero-order valence-electron chi connectivity index (χ0n) is 8.14. The average Bonchev–Trinajstić information content (AvgIpc) is 2.24. The maximum atomic E-state index is 12.6. The van der Waals surface area contributed by atoms with Crippen molar-refractivity contribution in [2.45, 2.75) is 12.8 Å². The molecule has 0 unspecified atom stereocenters. The number of pyridine rings is 1. The molecule has 0 radical (unpaired) electrons. The molecule has 0 saturated heterocycles. The van der Waals surface area contributed by atoms with E-state index in [1.54, 1.807) is 22.6 Å². The Hall–Kier alpha value is -0.500. The molecule has 0 saturated carbocycles. The number of rotatable bonds is 3. The van der Waals surface area contributed by atoms with Crippen molar-refractivity contribution in [2.75, 3.05) is 7.11 Å². The standard InChI is InChI=1S/C9H7ClF2INO2/c1-16-6(15)2-4-7(13)5(10)3-14-8(4)9(11)12/h3,9H,2H2,1H3. The molecule has 7 heteroatoms. The van der Waals surface area contributed by atoms with Crippen LogP contribution in [0, 0.1) is 3.57 Å². The summed E-state index contributed by atoms with van der Waals surface area (Å²) >= 11 is 7.55. The molecule has 0 fully saturated rings. The van der Waals surface area contributed by atoms with E-state index in [1.165, 1.54) is 7.11 Å². The minimum atomic E-state index is -2.74. The summed E-state index contributed by atoms with van der Waals surface area (Å²) in [5, 5.41) is 0.240. The summed E-state index contributed by atoms with van der Waals surface area (Å²) < 4.78 is 30.1. The summed E-state index contributed by atoms with van der Waals surface area (Å²) in [5.41, 5.74) is -0.311. The van der Waals surface area contributed by atoms with E-state index in [4.69, 9.17) is 11.6 Å². The topological polar surface area (TPSA) is 39.2 Å². The Labute approximate surface area is 109 Å². The molecule has 0 N–H and O–H groups in total. The lowest BCUT2D eigenvalue weighted by molar-refractivity contribution is -0.139. The van der Waals surface area contributed by atoms with Gasteiger partial charge in [0.2, 0.25) is 0 Å². The van der Waals surface area contributed by atoms with Crippen LogP contribution in [-0.4, -0.2) is 18.1 Å². The second kappa shape index (κ2) is 5.72. The van der Waals surface area contributed by atoms with Crippen LogP contribution in [0.1, 0.15) is 17.7 Å². The lowest BCUT2D eigenvalue weighted by atomic mass is 10.1. The molecule has 1 heterocycles. The molecule has 1 aromatic heterocycles. The fraction of sp³-hybridized carbons (Fsp3) is 0.333. The Morgan fingerprint density at radius 2 is 2.31 bits per heavy atom. The molecular formula is C9H7ClF2INO2. The molecule has 0 aromatic carbocycles. The van der Waals surface area contributed by atoms with Crippen molar-refractivity contribution in [1.82, 2.24) is 4.98 Å². The molecular weight excluding hydrogens is 354 g/mol. The van der Waals surface area contributed by atoms with Crippen LogP contribution in [0.2, 0.25) is 5.02 Å². The van der Waals surface area contributed by atoms with Gasteiger partial charge in [-0.3, -0.25) is 9.78 Å². The summed E-state index contributed by atoms with van der Waals surface area (Å²) in [4.78, 5) is 14.6. The molecule has 0 bridgehead atoms. The van der Waals surface area contributed by atoms with E-state index >= 15 is 0 Å². The Kier molecular flexibility index (Phi) is 4.85. The number of nitrogens with zero attached hydrogens (tertiary/aromatic N) is 1. The Bertz CT molecular complexity index is 415. The molecule has 88 valence electrons. The van der Waals surface area contributed by atoms with Gasteiger partial charge in [-0.2, -0.15) is 0 Å². The molecule has 16 heavy (non-hydrogen) atoms. The number of ether oxygens (including phenoxy) is 1. The highest BCUT2D eigenvalue weighted by Gasteiger charge is 2.21. The minimum Gasteiger partial charge on any atom is -0.469 e. The maximum absolute atomic E-state index is 12.6. The third-order valence-electron chi connectivity index (χ3n) is 1.86. The molecule has 0 spiro atoms. The van der Waals surface area contributed by atoms with E-state index < -0.39 is 18.1 Å². The van der Waals surface area contributed by atoms with Crippen LogP contribution in [0.15, 0.2) is 6.20 Å². The first-order valence-electron chi connectivity index (χ1n) is 4.15. The van der Waals surface area contributed by atoms with Crippen LogP contribution in [0.5, 0.6) is 0 Å². The number of aromatic nitrogens is 1. The second-order valence-electron chi connectivity index (χ2n) is 2.84. The summed E-state index contributed by atoms with van der Waals surface area (Å²) in [6, 6.07) is 0. The first-order chi connectivity index (χ1) is 7.47. The average molecular weight is 362 g/mol. The third kappa shape index (κ3) is 3.00.